The van der Waals surface area contributed by atoms with Crippen molar-refractivity contribution in [1.29, 1.82) is 0 Å². The maximum Gasteiger partial charge on any atom is 0.246 e. The van der Waals surface area contributed by atoms with Crippen LogP contribution in [0.25, 0.3) is 0 Å². The lowest BCUT2D eigenvalue weighted by Gasteiger charge is -2.25. The fourth-order valence-corrected chi connectivity index (χ4v) is 4.22. The molecule has 0 radical (unpaired) electrons. The largest absolute Gasteiger partial charge is 0.384 e. The molecule has 1 aliphatic heterocycles. The standard InChI is InChI=1S/C15H25N3O2S/c1-2-9-17-14-8-10-16-13-15(14)21(19,20)18-11-6-4-3-5-7-12-18/h8,10,13H,2-7,9,11-12H2,1H3,(H,16,17). The molecule has 1 aromatic rings. The number of nitrogens with one attached hydrogen (secondary N) is 1. The third-order valence-corrected chi connectivity index (χ3v) is 5.71. The minimum absolute atomic E-state index is 0.305. The molecule has 0 unspecified atom stereocenters. The molecule has 1 N–H and O–H groups in total. The van der Waals surface area contributed by atoms with Crippen molar-refractivity contribution in [1.82, 2.24) is 9.29 Å². The summed E-state index contributed by atoms with van der Waals surface area (Å²) in [6.45, 7) is 4.04. The number of hydrogen-bond acceptors (Lipinski definition) is 4. The van der Waals surface area contributed by atoms with Crippen molar-refractivity contribution >= 4 is 15.7 Å². The normalized spacial score (nSPS) is 18.0. The average Bonchev–Trinajstić information content (AvgIpc) is 2.44. The number of hydrogen-bond donors (Lipinski definition) is 1. The first-order valence-corrected chi connectivity index (χ1v) is 9.28. The van der Waals surface area contributed by atoms with E-state index >= 15 is 0 Å². The summed E-state index contributed by atoms with van der Waals surface area (Å²) in [4.78, 5) is 4.32. The van der Waals surface area contributed by atoms with E-state index in [-0.39, 0.29) is 0 Å². The van der Waals surface area contributed by atoms with Gasteiger partial charge in [-0.1, -0.05) is 26.2 Å². The first-order chi connectivity index (χ1) is 10.2. The van der Waals surface area contributed by atoms with Gasteiger partial charge in [0.05, 0.1) is 5.69 Å². The molecule has 1 aromatic heterocycles. The van der Waals surface area contributed by atoms with E-state index in [2.05, 4.69) is 17.2 Å². The summed E-state index contributed by atoms with van der Waals surface area (Å²) in [6, 6.07) is 1.74. The SMILES string of the molecule is CCCNc1ccncc1S(=O)(=O)N1CCCCCCC1. The highest BCUT2D eigenvalue weighted by Crippen LogP contribution is 2.25. The van der Waals surface area contributed by atoms with Crippen LogP contribution in [0.2, 0.25) is 0 Å². The Morgan fingerprint density at radius 3 is 2.52 bits per heavy atom. The number of aromatic nitrogens is 1. The minimum atomic E-state index is -3.45. The summed E-state index contributed by atoms with van der Waals surface area (Å²) in [5, 5.41) is 3.19. The molecule has 0 atom stereocenters. The van der Waals surface area contributed by atoms with Gasteiger partial charge in [0.2, 0.25) is 10.0 Å². The Bertz CT molecular complexity index is 538. The van der Waals surface area contributed by atoms with Gasteiger partial charge in [0.25, 0.3) is 0 Å². The van der Waals surface area contributed by atoms with Crippen LogP contribution in [0.1, 0.15) is 45.4 Å². The van der Waals surface area contributed by atoms with Crippen molar-refractivity contribution in [3.63, 3.8) is 0 Å². The number of sulfonamides is 1. The van der Waals surface area contributed by atoms with Crippen molar-refractivity contribution in [3.05, 3.63) is 18.5 Å². The fraction of sp³-hybridized carbons (Fsp3) is 0.667. The van der Waals surface area contributed by atoms with Gasteiger partial charge >= 0.3 is 0 Å². The van der Waals surface area contributed by atoms with E-state index in [4.69, 9.17) is 0 Å². The van der Waals surface area contributed by atoms with E-state index in [0.717, 1.165) is 38.6 Å². The van der Waals surface area contributed by atoms with E-state index < -0.39 is 10.0 Å². The minimum Gasteiger partial charge on any atom is -0.384 e. The molecule has 118 valence electrons. The first kappa shape index (κ1) is 16.2. The first-order valence-electron chi connectivity index (χ1n) is 7.84. The molecule has 6 heteroatoms. The monoisotopic (exact) mass is 311 g/mol. The average molecular weight is 311 g/mol. The van der Waals surface area contributed by atoms with Crippen LogP contribution in [-0.2, 0) is 10.0 Å². The van der Waals surface area contributed by atoms with Gasteiger partial charge in [0.15, 0.2) is 0 Å². The summed E-state index contributed by atoms with van der Waals surface area (Å²) >= 11 is 0. The molecule has 0 aliphatic carbocycles. The van der Waals surface area contributed by atoms with Gasteiger partial charge < -0.3 is 5.32 Å². The Hall–Kier alpha value is -1.14. The Morgan fingerprint density at radius 2 is 1.86 bits per heavy atom. The molecule has 0 bridgehead atoms. The van der Waals surface area contributed by atoms with E-state index in [0.29, 0.717) is 23.7 Å². The lowest BCUT2D eigenvalue weighted by molar-refractivity contribution is 0.364. The number of anilines is 1. The summed E-state index contributed by atoms with van der Waals surface area (Å²) in [7, 11) is -3.45. The quantitative estimate of drug-likeness (QED) is 0.908. The Balaban J connectivity index is 2.25. The zero-order valence-corrected chi connectivity index (χ0v) is 13.5. The van der Waals surface area contributed by atoms with Crippen molar-refractivity contribution < 1.29 is 8.42 Å². The van der Waals surface area contributed by atoms with E-state index in [1.165, 1.54) is 12.6 Å². The zero-order valence-electron chi connectivity index (χ0n) is 12.7. The second-order valence-electron chi connectivity index (χ2n) is 5.47. The molecule has 2 rings (SSSR count). The molecular formula is C15H25N3O2S. The second kappa shape index (κ2) is 7.75. The van der Waals surface area contributed by atoms with Crippen LogP contribution in [-0.4, -0.2) is 37.3 Å². The van der Waals surface area contributed by atoms with Crippen LogP contribution in [0.15, 0.2) is 23.4 Å². The topological polar surface area (TPSA) is 62.3 Å². The van der Waals surface area contributed by atoms with Crippen molar-refractivity contribution in [3.8, 4) is 0 Å². The van der Waals surface area contributed by atoms with Crippen LogP contribution in [0.3, 0.4) is 0 Å². The van der Waals surface area contributed by atoms with E-state index in [1.807, 2.05) is 0 Å². The Kier molecular flexibility index (Phi) is 5.99. The van der Waals surface area contributed by atoms with Crippen LogP contribution in [0.4, 0.5) is 5.69 Å². The number of pyridine rings is 1. The van der Waals surface area contributed by atoms with Crippen LogP contribution in [0.5, 0.6) is 0 Å². The van der Waals surface area contributed by atoms with Crippen LogP contribution < -0.4 is 5.32 Å². The molecule has 0 aromatic carbocycles. The molecule has 5 nitrogen and oxygen atoms in total. The smallest absolute Gasteiger partial charge is 0.246 e. The highest BCUT2D eigenvalue weighted by molar-refractivity contribution is 7.89. The highest BCUT2D eigenvalue weighted by Gasteiger charge is 2.27. The third kappa shape index (κ3) is 4.17. The van der Waals surface area contributed by atoms with Crippen molar-refractivity contribution in [2.24, 2.45) is 0 Å². The number of rotatable bonds is 5. The van der Waals surface area contributed by atoms with Crippen LogP contribution >= 0.6 is 0 Å². The maximum absolute atomic E-state index is 12.9. The van der Waals surface area contributed by atoms with Gasteiger partial charge in [-0.3, -0.25) is 4.98 Å². The molecule has 0 amide bonds. The maximum atomic E-state index is 12.9. The Labute approximate surface area is 127 Å². The van der Waals surface area contributed by atoms with Gasteiger partial charge in [0.1, 0.15) is 4.90 Å². The van der Waals surface area contributed by atoms with Crippen molar-refractivity contribution in [2.75, 3.05) is 25.0 Å². The summed E-state index contributed by atoms with van der Waals surface area (Å²) < 4.78 is 27.4. The molecule has 1 saturated heterocycles. The predicted molar refractivity (Wildman–Crippen MR) is 84.9 cm³/mol. The highest BCUT2D eigenvalue weighted by atomic mass is 32.2. The number of nitrogens with zero attached hydrogens (tertiary/aromatic N) is 2. The van der Waals surface area contributed by atoms with Crippen LogP contribution in [0, 0.1) is 0 Å². The van der Waals surface area contributed by atoms with Gasteiger partial charge in [0, 0.05) is 32.0 Å². The van der Waals surface area contributed by atoms with Crippen molar-refractivity contribution in [2.45, 2.75) is 50.3 Å². The summed E-state index contributed by atoms with van der Waals surface area (Å²) in [5.41, 5.74) is 0.661. The zero-order chi connectivity index (χ0) is 15.1. The van der Waals surface area contributed by atoms with Gasteiger partial charge in [-0.25, -0.2) is 8.42 Å². The molecule has 2 heterocycles. The van der Waals surface area contributed by atoms with E-state index in [9.17, 15) is 8.42 Å². The molecular weight excluding hydrogens is 286 g/mol. The lowest BCUT2D eigenvalue weighted by atomic mass is 10.1. The molecule has 21 heavy (non-hydrogen) atoms. The second-order valence-corrected chi connectivity index (χ2v) is 7.38. The van der Waals surface area contributed by atoms with E-state index in [1.54, 1.807) is 16.6 Å². The molecule has 1 fully saturated rings. The summed E-state index contributed by atoms with van der Waals surface area (Å²) in [6.07, 6.45) is 9.36. The molecule has 0 spiro atoms. The molecule has 0 saturated carbocycles. The molecule has 1 aliphatic rings. The Morgan fingerprint density at radius 1 is 1.19 bits per heavy atom. The third-order valence-electron chi connectivity index (χ3n) is 3.78. The van der Waals surface area contributed by atoms with Gasteiger partial charge in [-0.15, -0.1) is 0 Å². The predicted octanol–water partition coefficient (Wildman–Crippen LogP) is 2.86. The fourth-order valence-electron chi connectivity index (χ4n) is 2.59. The summed E-state index contributed by atoms with van der Waals surface area (Å²) in [5.74, 6) is 0. The lowest BCUT2D eigenvalue weighted by Crippen LogP contribution is -2.34. The van der Waals surface area contributed by atoms with Gasteiger partial charge in [-0.05, 0) is 25.3 Å². The van der Waals surface area contributed by atoms with Gasteiger partial charge in [-0.2, -0.15) is 4.31 Å².